The maximum absolute atomic E-state index is 11.9. The highest BCUT2D eigenvalue weighted by molar-refractivity contribution is 5.80. The first-order valence-electron chi connectivity index (χ1n) is 8.77. The summed E-state index contributed by atoms with van der Waals surface area (Å²) < 4.78 is 0. The molecule has 0 saturated carbocycles. The van der Waals surface area contributed by atoms with Gasteiger partial charge in [0, 0.05) is 12.3 Å². The second-order valence-corrected chi connectivity index (χ2v) is 6.73. The van der Waals surface area contributed by atoms with E-state index >= 15 is 0 Å². The van der Waals surface area contributed by atoms with E-state index in [1.165, 1.54) is 16.7 Å². The molecule has 0 spiro atoms. The van der Waals surface area contributed by atoms with Crippen molar-refractivity contribution >= 4 is 5.78 Å². The van der Waals surface area contributed by atoms with Crippen LogP contribution in [-0.4, -0.2) is 5.78 Å². The SMILES string of the molecule is CCCC(=O)[C@H](C)CC(C)Cc1ccc(-c2ccccc2)cc1. The van der Waals surface area contributed by atoms with E-state index in [-0.39, 0.29) is 5.92 Å². The molecule has 23 heavy (non-hydrogen) atoms. The second kappa shape index (κ2) is 8.67. The molecule has 0 aliphatic heterocycles. The van der Waals surface area contributed by atoms with Crippen LogP contribution in [0.1, 0.15) is 45.6 Å². The Hall–Kier alpha value is -1.89. The molecule has 2 atom stereocenters. The van der Waals surface area contributed by atoms with Gasteiger partial charge >= 0.3 is 0 Å². The van der Waals surface area contributed by atoms with Gasteiger partial charge in [-0.2, -0.15) is 0 Å². The van der Waals surface area contributed by atoms with Crippen LogP contribution in [0.3, 0.4) is 0 Å². The van der Waals surface area contributed by atoms with Crippen molar-refractivity contribution < 1.29 is 4.79 Å². The first-order valence-corrected chi connectivity index (χ1v) is 8.77. The summed E-state index contributed by atoms with van der Waals surface area (Å²) >= 11 is 0. The van der Waals surface area contributed by atoms with Crippen LogP contribution in [-0.2, 0) is 11.2 Å². The third-order valence-corrected chi connectivity index (χ3v) is 4.45. The molecule has 0 N–H and O–H groups in total. The Morgan fingerprint density at radius 3 is 2.13 bits per heavy atom. The summed E-state index contributed by atoms with van der Waals surface area (Å²) in [6.45, 7) is 6.40. The van der Waals surface area contributed by atoms with Gasteiger partial charge < -0.3 is 0 Å². The molecule has 2 aromatic carbocycles. The molecule has 0 aromatic heterocycles. The van der Waals surface area contributed by atoms with Crippen molar-refractivity contribution in [1.82, 2.24) is 0 Å². The number of ketones is 1. The molecule has 0 heterocycles. The Morgan fingerprint density at radius 2 is 1.52 bits per heavy atom. The number of rotatable bonds is 8. The van der Waals surface area contributed by atoms with E-state index in [0.717, 1.165) is 25.7 Å². The van der Waals surface area contributed by atoms with Crippen molar-refractivity contribution in [2.45, 2.75) is 46.5 Å². The van der Waals surface area contributed by atoms with Gasteiger partial charge in [0.25, 0.3) is 0 Å². The number of carbonyl (C=O) groups is 1. The average Bonchev–Trinajstić information content (AvgIpc) is 2.56. The van der Waals surface area contributed by atoms with Crippen molar-refractivity contribution in [3.05, 3.63) is 60.2 Å². The van der Waals surface area contributed by atoms with Gasteiger partial charge in [-0.3, -0.25) is 4.79 Å². The smallest absolute Gasteiger partial charge is 0.135 e. The van der Waals surface area contributed by atoms with E-state index < -0.39 is 0 Å². The molecule has 1 unspecified atom stereocenters. The van der Waals surface area contributed by atoms with Crippen LogP contribution >= 0.6 is 0 Å². The summed E-state index contributed by atoms with van der Waals surface area (Å²) in [4.78, 5) is 11.9. The third kappa shape index (κ3) is 5.35. The summed E-state index contributed by atoms with van der Waals surface area (Å²) in [7, 11) is 0. The molecule has 2 rings (SSSR count). The Balaban J connectivity index is 1.92. The van der Waals surface area contributed by atoms with E-state index in [2.05, 4.69) is 69.3 Å². The van der Waals surface area contributed by atoms with Gasteiger partial charge in [0.1, 0.15) is 5.78 Å². The topological polar surface area (TPSA) is 17.1 Å². The maximum Gasteiger partial charge on any atom is 0.135 e. The average molecular weight is 308 g/mol. The summed E-state index contributed by atoms with van der Waals surface area (Å²) in [5.41, 5.74) is 3.87. The van der Waals surface area contributed by atoms with Crippen molar-refractivity contribution in [3.63, 3.8) is 0 Å². The first kappa shape index (κ1) is 17.5. The van der Waals surface area contributed by atoms with Crippen molar-refractivity contribution in [2.24, 2.45) is 11.8 Å². The maximum atomic E-state index is 11.9. The zero-order valence-electron chi connectivity index (χ0n) is 14.6. The lowest BCUT2D eigenvalue weighted by Crippen LogP contribution is -2.15. The summed E-state index contributed by atoms with van der Waals surface area (Å²) in [5, 5.41) is 0. The van der Waals surface area contributed by atoms with Gasteiger partial charge in [0.15, 0.2) is 0 Å². The standard InChI is InChI=1S/C22H28O/c1-4-8-22(23)18(3)15-17(2)16-19-11-13-21(14-12-19)20-9-6-5-7-10-20/h5-7,9-14,17-18H,4,8,15-16H2,1-3H3/t17?,18-/m1/s1. The second-order valence-electron chi connectivity index (χ2n) is 6.73. The lowest BCUT2D eigenvalue weighted by Gasteiger charge is -2.16. The van der Waals surface area contributed by atoms with Crippen LogP contribution in [0.25, 0.3) is 11.1 Å². The minimum atomic E-state index is 0.188. The Bertz CT molecular complexity index is 598. The van der Waals surface area contributed by atoms with E-state index in [1.807, 2.05) is 6.07 Å². The first-order chi connectivity index (χ1) is 11.1. The largest absolute Gasteiger partial charge is 0.299 e. The highest BCUT2D eigenvalue weighted by Crippen LogP contribution is 2.22. The number of hydrogen-bond acceptors (Lipinski definition) is 1. The van der Waals surface area contributed by atoms with Gasteiger partial charge in [0.05, 0.1) is 0 Å². The molecule has 122 valence electrons. The molecular formula is C22H28O. The Kier molecular flexibility index (Phi) is 6.58. The zero-order chi connectivity index (χ0) is 16.7. The zero-order valence-corrected chi connectivity index (χ0v) is 14.6. The highest BCUT2D eigenvalue weighted by Gasteiger charge is 2.15. The van der Waals surface area contributed by atoms with Crippen LogP contribution < -0.4 is 0 Å². The normalized spacial score (nSPS) is 13.5. The van der Waals surface area contributed by atoms with Gasteiger partial charge in [0.2, 0.25) is 0 Å². The van der Waals surface area contributed by atoms with E-state index in [4.69, 9.17) is 0 Å². The molecule has 1 nitrogen and oxygen atoms in total. The monoisotopic (exact) mass is 308 g/mol. The fourth-order valence-corrected chi connectivity index (χ4v) is 3.18. The molecule has 0 aliphatic rings. The lowest BCUT2D eigenvalue weighted by molar-refractivity contribution is -0.122. The predicted molar refractivity (Wildman–Crippen MR) is 98.4 cm³/mol. The van der Waals surface area contributed by atoms with Crippen LogP contribution in [0.5, 0.6) is 0 Å². The van der Waals surface area contributed by atoms with E-state index in [0.29, 0.717) is 11.7 Å². The quantitative estimate of drug-likeness (QED) is 0.591. The van der Waals surface area contributed by atoms with Crippen LogP contribution in [0.15, 0.2) is 54.6 Å². The van der Waals surface area contributed by atoms with Crippen molar-refractivity contribution in [1.29, 1.82) is 0 Å². The van der Waals surface area contributed by atoms with Gasteiger partial charge in [-0.25, -0.2) is 0 Å². The summed E-state index contributed by atoms with van der Waals surface area (Å²) in [6, 6.07) is 19.3. The third-order valence-electron chi connectivity index (χ3n) is 4.45. The predicted octanol–water partition coefficient (Wildman–Crippen LogP) is 5.93. The molecule has 1 heteroatoms. The fourth-order valence-electron chi connectivity index (χ4n) is 3.18. The highest BCUT2D eigenvalue weighted by atomic mass is 16.1. The minimum absolute atomic E-state index is 0.188. The van der Waals surface area contributed by atoms with Crippen LogP contribution in [0.2, 0.25) is 0 Å². The summed E-state index contributed by atoms with van der Waals surface area (Å²) in [6.07, 6.45) is 3.70. The van der Waals surface area contributed by atoms with Crippen molar-refractivity contribution in [3.8, 4) is 11.1 Å². The number of Topliss-reactive ketones (excluding diaryl/α,β-unsaturated/α-hetero) is 1. The molecule has 0 aliphatic carbocycles. The Labute approximate surface area is 140 Å². The molecule has 0 amide bonds. The minimum Gasteiger partial charge on any atom is -0.299 e. The van der Waals surface area contributed by atoms with Crippen LogP contribution in [0, 0.1) is 11.8 Å². The molecule has 0 bridgehead atoms. The number of hydrogen-bond donors (Lipinski definition) is 0. The van der Waals surface area contributed by atoms with Gasteiger partial charge in [-0.05, 0) is 41.9 Å². The molecule has 0 radical (unpaired) electrons. The van der Waals surface area contributed by atoms with E-state index in [9.17, 15) is 4.79 Å². The van der Waals surface area contributed by atoms with Gasteiger partial charge in [-0.1, -0.05) is 75.4 Å². The fraction of sp³-hybridized carbons (Fsp3) is 0.409. The number of carbonyl (C=O) groups excluding carboxylic acids is 1. The van der Waals surface area contributed by atoms with Gasteiger partial charge in [-0.15, -0.1) is 0 Å². The Morgan fingerprint density at radius 1 is 0.913 bits per heavy atom. The van der Waals surface area contributed by atoms with Crippen LogP contribution in [0.4, 0.5) is 0 Å². The molecular weight excluding hydrogens is 280 g/mol. The molecule has 0 saturated heterocycles. The lowest BCUT2D eigenvalue weighted by atomic mass is 9.88. The molecule has 2 aromatic rings. The van der Waals surface area contributed by atoms with Crippen molar-refractivity contribution in [2.75, 3.05) is 0 Å². The number of benzene rings is 2. The summed E-state index contributed by atoms with van der Waals surface area (Å²) in [5.74, 6) is 1.14. The van der Waals surface area contributed by atoms with E-state index in [1.54, 1.807) is 0 Å². The molecule has 0 fully saturated rings.